The molecule has 0 N–H and O–H groups in total. The highest BCUT2D eigenvalue weighted by Crippen LogP contribution is 2.43. The Labute approximate surface area is 98.9 Å². The summed E-state index contributed by atoms with van der Waals surface area (Å²) < 4.78 is 51.0. The second-order valence-corrected chi connectivity index (χ2v) is 6.31. The van der Waals surface area contributed by atoms with Gasteiger partial charge >= 0.3 is 6.18 Å². The SMILES string of the molecule is O=P([O-])(CC(F)(F)F)OCCC1CCCCC1. The molecule has 1 atom stereocenters. The van der Waals surface area contributed by atoms with Gasteiger partial charge in [-0.3, -0.25) is 0 Å². The van der Waals surface area contributed by atoms with Gasteiger partial charge in [-0.15, -0.1) is 0 Å². The maximum Gasteiger partial charge on any atom is 0.396 e. The highest BCUT2D eigenvalue weighted by molar-refractivity contribution is 7.51. The molecule has 0 spiro atoms. The molecule has 1 aliphatic rings. The van der Waals surface area contributed by atoms with Crippen LogP contribution in [-0.2, 0) is 9.09 Å². The number of rotatable bonds is 5. The molecule has 1 unspecified atom stereocenters. The summed E-state index contributed by atoms with van der Waals surface area (Å²) in [5.74, 6) is 0.398. The molecule has 1 fully saturated rings. The van der Waals surface area contributed by atoms with Crippen molar-refractivity contribution in [2.45, 2.75) is 44.7 Å². The van der Waals surface area contributed by atoms with Gasteiger partial charge in [0.2, 0.25) is 0 Å². The Morgan fingerprint density at radius 3 is 2.35 bits per heavy atom. The van der Waals surface area contributed by atoms with Gasteiger partial charge in [0, 0.05) is 0 Å². The van der Waals surface area contributed by atoms with Crippen LogP contribution < -0.4 is 4.89 Å². The molecule has 0 radical (unpaired) electrons. The lowest BCUT2D eigenvalue weighted by atomic mass is 9.87. The maximum atomic E-state index is 11.9. The number of halogens is 3. The average molecular weight is 273 g/mol. The van der Waals surface area contributed by atoms with Crippen LogP contribution in [0.15, 0.2) is 0 Å². The van der Waals surface area contributed by atoms with Crippen molar-refractivity contribution in [2.75, 3.05) is 12.8 Å². The second-order valence-electron chi connectivity index (χ2n) is 4.51. The third kappa shape index (κ3) is 7.06. The summed E-state index contributed by atoms with van der Waals surface area (Å²) in [5, 5.41) is 0. The zero-order valence-electron chi connectivity index (χ0n) is 9.54. The molecule has 0 saturated heterocycles. The van der Waals surface area contributed by atoms with E-state index in [0.29, 0.717) is 12.3 Å². The minimum atomic E-state index is -4.76. The van der Waals surface area contributed by atoms with Gasteiger partial charge in [0.25, 0.3) is 0 Å². The number of hydrogen-bond donors (Lipinski definition) is 0. The monoisotopic (exact) mass is 273 g/mol. The van der Waals surface area contributed by atoms with Crippen molar-refractivity contribution in [3.63, 3.8) is 0 Å². The summed E-state index contributed by atoms with van der Waals surface area (Å²) in [6, 6.07) is 0. The van der Waals surface area contributed by atoms with E-state index in [4.69, 9.17) is 0 Å². The van der Waals surface area contributed by atoms with Crippen molar-refractivity contribution in [2.24, 2.45) is 5.92 Å². The number of alkyl halides is 3. The zero-order valence-corrected chi connectivity index (χ0v) is 10.4. The third-order valence-electron chi connectivity index (χ3n) is 2.91. The van der Waals surface area contributed by atoms with Gasteiger partial charge in [-0.2, -0.15) is 13.2 Å². The molecule has 0 amide bonds. The first-order valence-electron chi connectivity index (χ1n) is 5.80. The van der Waals surface area contributed by atoms with Gasteiger partial charge in [-0.1, -0.05) is 32.1 Å². The van der Waals surface area contributed by atoms with Crippen molar-refractivity contribution >= 4 is 7.60 Å². The van der Waals surface area contributed by atoms with Gasteiger partial charge in [0.05, 0.1) is 6.61 Å². The lowest BCUT2D eigenvalue weighted by Crippen LogP contribution is -2.22. The smallest absolute Gasteiger partial charge is 0.396 e. The predicted molar refractivity (Wildman–Crippen MR) is 55.7 cm³/mol. The molecule has 0 aromatic rings. The van der Waals surface area contributed by atoms with E-state index < -0.39 is 19.9 Å². The molecule has 3 nitrogen and oxygen atoms in total. The Kier molecular flexibility index (Phi) is 5.48. The van der Waals surface area contributed by atoms with Crippen LogP contribution in [0.5, 0.6) is 0 Å². The summed E-state index contributed by atoms with van der Waals surface area (Å²) in [7, 11) is -4.76. The molecule has 1 rings (SSSR count). The Hall–Kier alpha value is -0.0600. The normalized spacial score (nSPS) is 22.4. The van der Waals surface area contributed by atoms with Crippen molar-refractivity contribution in [1.82, 2.24) is 0 Å². The lowest BCUT2D eigenvalue weighted by Gasteiger charge is -2.26. The van der Waals surface area contributed by atoms with Crippen LogP contribution in [0.2, 0.25) is 0 Å². The molecule has 0 bridgehead atoms. The first-order chi connectivity index (χ1) is 7.79. The lowest BCUT2D eigenvalue weighted by molar-refractivity contribution is -0.208. The van der Waals surface area contributed by atoms with Gasteiger partial charge in [-0.25, -0.2) is 0 Å². The molecule has 0 aromatic carbocycles. The fourth-order valence-corrected chi connectivity index (χ4v) is 3.01. The summed E-state index contributed by atoms with van der Waals surface area (Å²) in [5.41, 5.74) is 0. The standard InChI is InChI=1S/C10H18F3O3P/c11-10(12,13)8-17(14,15)16-7-6-9-4-2-1-3-5-9/h9H,1-8H2,(H,14,15)/p-1. The Balaban J connectivity index is 2.22. The highest BCUT2D eigenvalue weighted by Gasteiger charge is 2.33. The molecule has 17 heavy (non-hydrogen) atoms. The third-order valence-corrected chi connectivity index (χ3v) is 4.23. The minimum Gasteiger partial charge on any atom is -0.778 e. The Morgan fingerprint density at radius 2 is 1.82 bits per heavy atom. The van der Waals surface area contributed by atoms with Crippen LogP contribution in [0.1, 0.15) is 38.5 Å². The van der Waals surface area contributed by atoms with E-state index in [2.05, 4.69) is 4.52 Å². The van der Waals surface area contributed by atoms with E-state index in [1.165, 1.54) is 6.42 Å². The Morgan fingerprint density at radius 1 is 1.24 bits per heavy atom. The first kappa shape index (κ1) is 15.0. The fraction of sp³-hybridized carbons (Fsp3) is 1.00. The van der Waals surface area contributed by atoms with Crippen LogP contribution in [0, 0.1) is 5.92 Å². The molecule has 1 saturated carbocycles. The Bertz CT molecular complexity index is 274. The predicted octanol–water partition coefficient (Wildman–Crippen LogP) is 3.09. The van der Waals surface area contributed by atoms with Crippen molar-refractivity contribution < 1.29 is 27.2 Å². The highest BCUT2D eigenvalue weighted by atomic mass is 31.2. The molecule has 7 heteroatoms. The molecule has 0 aromatic heterocycles. The second kappa shape index (κ2) is 6.21. The summed E-state index contributed by atoms with van der Waals surface area (Å²) in [6.45, 7) is -0.123. The van der Waals surface area contributed by atoms with E-state index in [1.807, 2.05) is 0 Å². The van der Waals surface area contributed by atoms with Gasteiger partial charge in [0.15, 0.2) is 0 Å². The van der Waals surface area contributed by atoms with Crippen molar-refractivity contribution in [1.29, 1.82) is 0 Å². The van der Waals surface area contributed by atoms with Crippen LogP contribution >= 0.6 is 7.60 Å². The largest absolute Gasteiger partial charge is 0.778 e. The topological polar surface area (TPSA) is 49.4 Å². The molecule has 0 aliphatic heterocycles. The summed E-state index contributed by atoms with van der Waals surface area (Å²) in [4.78, 5) is 11.0. The van der Waals surface area contributed by atoms with Crippen LogP contribution in [-0.4, -0.2) is 18.9 Å². The molecular weight excluding hydrogens is 256 g/mol. The molecule has 1 aliphatic carbocycles. The van der Waals surface area contributed by atoms with Crippen molar-refractivity contribution in [3.05, 3.63) is 0 Å². The van der Waals surface area contributed by atoms with Crippen LogP contribution in [0.3, 0.4) is 0 Å². The quantitative estimate of drug-likeness (QED) is 0.723. The minimum absolute atomic E-state index is 0.123. The van der Waals surface area contributed by atoms with Gasteiger partial charge in [0.1, 0.15) is 13.8 Å². The van der Waals surface area contributed by atoms with E-state index in [0.717, 1.165) is 25.7 Å². The zero-order chi connectivity index (χ0) is 12.9. The van der Waals surface area contributed by atoms with E-state index in [9.17, 15) is 22.6 Å². The molecule has 102 valence electrons. The first-order valence-corrected chi connectivity index (χ1v) is 7.53. The van der Waals surface area contributed by atoms with E-state index in [-0.39, 0.29) is 6.61 Å². The maximum absolute atomic E-state index is 11.9. The van der Waals surface area contributed by atoms with Crippen LogP contribution in [0.25, 0.3) is 0 Å². The summed E-state index contributed by atoms with van der Waals surface area (Å²) >= 11 is 0. The van der Waals surface area contributed by atoms with Crippen LogP contribution in [0.4, 0.5) is 13.2 Å². The van der Waals surface area contributed by atoms with E-state index in [1.54, 1.807) is 0 Å². The average Bonchev–Trinajstić information content (AvgIpc) is 2.15. The number of hydrogen-bond acceptors (Lipinski definition) is 3. The van der Waals surface area contributed by atoms with Crippen molar-refractivity contribution in [3.8, 4) is 0 Å². The molecule has 0 heterocycles. The van der Waals surface area contributed by atoms with E-state index >= 15 is 0 Å². The fourth-order valence-electron chi connectivity index (χ4n) is 2.10. The molecular formula is C10H17F3O3P-. The van der Waals surface area contributed by atoms with Gasteiger partial charge in [-0.05, 0) is 12.3 Å². The van der Waals surface area contributed by atoms with Gasteiger partial charge < -0.3 is 14.0 Å². The summed E-state index contributed by atoms with van der Waals surface area (Å²) in [6.07, 6.45) is -0.607.